The van der Waals surface area contributed by atoms with E-state index in [1.165, 1.54) is 42.5 Å². The Balaban J connectivity index is 2.14. The van der Waals surface area contributed by atoms with Gasteiger partial charge in [-0.1, -0.05) is 12.1 Å². The first-order valence-corrected chi connectivity index (χ1v) is 6.48. The zero-order chi connectivity index (χ0) is 14.7. The Hall–Kier alpha value is -2.08. The van der Waals surface area contributed by atoms with Crippen LogP contribution < -0.4 is 0 Å². The lowest BCUT2D eigenvalue weighted by Gasteiger charge is -2.03. The van der Waals surface area contributed by atoms with E-state index in [4.69, 9.17) is 0 Å². The SMILES string of the molecule is O=C(Cc1ccc([N+](=O)[O-])cc1)c1ccc(F)c(Br)c1. The average molecular weight is 338 g/mol. The van der Waals surface area contributed by atoms with Crippen molar-refractivity contribution in [3.05, 3.63) is 74.0 Å². The molecule has 2 aromatic carbocycles. The molecule has 0 fully saturated rings. The molecule has 0 atom stereocenters. The summed E-state index contributed by atoms with van der Waals surface area (Å²) in [7, 11) is 0. The van der Waals surface area contributed by atoms with Gasteiger partial charge in [-0.3, -0.25) is 14.9 Å². The highest BCUT2D eigenvalue weighted by Gasteiger charge is 2.11. The molecule has 0 aliphatic heterocycles. The fourth-order valence-electron chi connectivity index (χ4n) is 1.69. The minimum absolute atomic E-state index is 0.0225. The molecule has 0 N–H and O–H groups in total. The normalized spacial score (nSPS) is 10.3. The van der Waals surface area contributed by atoms with Crippen LogP contribution in [-0.2, 0) is 6.42 Å². The number of rotatable bonds is 4. The minimum Gasteiger partial charge on any atom is -0.294 e. The van der Waals surface area contributed by atoms with Crippen LogP contribution in [-0.4, -0.2) is 10.7 Å². The molecule has 2 rings (SSSR count). The highest BCUT2D eigenvalue weighted by Crippen LogP contribution is 2.19. The quantitative estimate of drug-likeness (QED) is 0.482. The Morgan fingerprint density at radius 3 is 2.40 bits per heavy atom. The molecule has 6 heteroatoms. The molecule has 0 amide bonds. The van der Waals surface area contributed by atoms with Crippen LogP contribution in [0.25, 0.3) is 0 Å². The van der Waals surface area contributed by atoms with E-state index in [9.17, 15) is 19.3 Å². The molecular weight excluding hydrogens is 329 g/mol. The van der Waals surface area contributed by atoms with Crippen molar-refractivity contribution in [1.82, 2.24) is 0 Å². The van der Waals surface area contributed by atoms with Crippen LogP contribution in [0.15, 0.2) is 46.9 Å². The molecule has 0 saturated carbocycles. The summed E-state index contributed by atoms with van der Waals surface area (Å²) in [6.07, 6.45) is 0.107. The van der Waals surface area contributed by atoms with Crippen molar-refractivity contribution in [1.29, 1.82) is 0 Å². The number of benzene rings is 2. The third-order valence-electron chi connectivity index (χ3n) is 2.75. The van der Waals surface area contributed by atoms with E-state index in [-0.39, 0.29) is 22.4 Å². The summed E-state index contributed by atoms with van der Waals surface area (Å²) in [6.45, 7) is 0. The second-order valence-electron chi connectivity index (χ2n) is 4.15. The highest BCUT2D eigenvalue weighted by molar-refractivity contribution is 9.10. The highest BCUT2D eigenvalue weighted by atomic mass is 79.9. The van der Waals surface area contributed by atoms with Gasteiger partial charge in [-0.15, -0.1) is 0 Å². The van der Waals surface area contributed by atoms with E-state index in [1.54, 1.807) is 0 Å². The van der Waals surface area contributed by atoms with Gasteiger partial charge in [0.15, 0.2) is 5.78 Å². The first-order valence-electron chi connectivity index (χ1n) is 5.69. The number of nitro benzene ring substituents is 1. The maximum atomic E-state index is 13.1. The maximum Gasteiger partial charge on any atom is 0.269 e. The van der Waals surface area contributed by atoms with E-state index >= 15 is 0 Å². The molecule has 102 valence electrons. The Kier molecular flexibility index (Phi) is 4.24. The van der Waals surface area contributed by atoms with Crippen molar-refractivity contribution in [2.45, 2.75) is 6.42 Å². The average Bonchev–Trinajstić information content (AvgIpc) is 2.42. The van der Waals surface area contributed by atoms with Crippen molar-refractivity contribution in [3.8, 4) is 0 Å². The van der Waals surface area contributed by atoms with E-state index < -0.39 is 10.7 Å². The van der Waals surface area contributed by atoms with Gasteiger partial charge >= 0.3 is 0 Å². The number of ketones is 1. The van der Waals surface area contributed by atoms with E-state index in [0.29, 0.717) is 11.1 Å². The van der Waals surface area contributed by atoms with Gasteiger partial charge in [0.25, 0.3) is 5.69 Å². The fraction of sp³-hybridized carbons (Fsp3) is 0.0714. The molecule has 0 radical (unpaired) electrons. The van der Waals surface area contributed by atoms with Gasteiger partial charge in [0.05, 0.1) is 9.40 Å². The summed E-state index contributed by atoms with van der Waals surface area (Å²) in [6, 6.07) is 9.82. The van der Waals surface area contributed by atoms with Gasteiger partial charge in [0, 0.05) is 24.1 Å². The van der Waals surface area contributed by atoms with Gasteiger partial charge in [0.2, 0.25) is 0 Å². The van der Waals surface area contributed by atoms with Crippen LogP contribution in [0.1, 0.15) is 15.9 Å². The number of nitro groups is 1. The van der Waals surface area contributed by atoms with Crippen molar-refractivity contribution < 1.29 is 14.1 Å². The summed E-state index contributed by atoms with van der Waals surface area (Å²) < 4.78 is 13.3. The third-order valence-corrected chi connectivity index (χ3v) is 3.36. The second-order valence-corrected chi connectivity index (χ2v) is 5.01. The minimum atomic E-state index is -0.497. The van der Waals surface area contributed by atoms with Crippen molar-refractivity contribution >= 4 is 27.4 Å². The monoisotopic (exact) mass is 337 g/mol. The Morgan fingerprint density at radius 1 is 1.20 bits per heavy atom. The Morgan fingerprint density at radius 2 is 1.85 bits per heavy atom. The number of carbonyl (C=O) groups excluding carboxylic acids is 1. The predicted molar refractivity (Wildman–Crippen MR) is 75.2 cm³/mol. The Labute approximate surface area is 122 Å². The van der Waals surface area contributed by atoms with Gasteiger partial charge < -0.3 is 0 Å². The molecular formula is C14H9BrFNO3. The molecule has 0 aliphatic rings. The lowest BCUT2D eigenvalue weighted by Crippen LogP contribution is -2.04. The van der Waals surface area contributed by atoms with Crippen molar-refractivity contribution in [2.75, 3.05) is 0 Å². The predicted octanol–water partition coefficient (Wildman–Crippen LogP) is 3.92. The molecule has 0 spiro atoms. The van der Waals surface area contributed by atoms with Crippen LogP contribution in [0.4, 0.5) is 10.1 Å². The van der Waals surface area contributed by atoms with E-state index in [0.717, 1.165) is 0 Å². The summed E-state index contributed by atoms with van der Waals surface area (Å²) in [5.41, 5.74) is 1.03. The van der Waals surface area contributed by atoms with Gasteiger partial charge in [0.1, 0.15) is 5.82 Å². The zero-order valence-corrected chi connectivity index (χ0v) is 11.8. The molecule has 4 nitrogen and oxygen atoms in total. The summed E-state index contributed by atoms with van der Waals surface area (Å²) in [5, 5.41) is 10.5. The number of hydrogen-bond acceptors (Lipinski definition) is 3. The summed E-state index contributed by atoms with van der Waals surface area (Å²) in [4.78, 5) is 22.0. The Bertz CT molecular complexity index is 671. The number of nitrogens with zero attached hydrogens (tertiary/aromatic N) is 1. The first-order chi connectivity index (χ1) is 9.47. The lowest BCUT2D eigenvalue weighted by atomic mass is 10.0. The van der Waals surface area contributed by atoms with E-state index in [2.05, 4.69) is 15.9 Å². The number of halogens is 2. The third kappa shape index (κ3) is 3.27. The molecule has 0 bridgehead atoms. The lowest BCUT2D eigenvalue weighted by molar-refractivity contribution is -0.384. The zero-order valence-electron chi connectivity index (χ0n) is 10.2. The van der Waals surface area contributed by atoms with Crippen molar-refractivity contribution in [2.24, 2.45) is 0 Å². The van der Waals surface area contributed by atoms with Crippen LogP contribution >= 0.6 is 15.9 Å². The molecule has 0 saturated heterocycles. The number of hydrogen-bond donors (Lipinski definition) is 0. The summed E-state index contributed by atoms with van der Waals surface area (Å²) in [5.74, 6) is -0.614. The smallest absolute Gasteiger partial charge is 0.269 e. The first kappa shape index (κ1) is 14.3. The fourth-order valence-corrected chi connectivity index (χ4v) is 2.07. The topological polar surface area (TPSA) is 60.2 Å². The molecule has 0 aliphatic carbocycles. The second kappa shape index (κ2) is 5.92. The largest absolute Gasteiger partial charge is 0.294 e. The van der Waals surface area contributed by atoms with Gasteiger partial charge in [-0.2, -0.15) is 0 Å². The molecule has 2 aromatic rings. The summed E-state index contributed by atoms with van der Waals surface area (Å²) >= 11 is 3.02. The number of carbonyl (C=O) groups is 1. The maximum absolute atomic E-state index is 13.1. The molecule has 0 aromatic heterocycles. The van der Waals surface area contributed by atoms with Gasteiger partial charge in [-0.25, -0.2) is 4.39 Å². The number of non-ortho nitro benzene ring substituents is 1. The molecule has 20 heavy (non-hydrogen) atoms. The van der Waals surface area contributed by atoms with Crippen LogP contribution in [0.2, 0.25) is 0 Å². The molecule has 0 unspecified atom stereocenters. The van der Waals surface area contributed by atoms with Crippen LogP contribution in [0, 0.1) is 15.9 Å². The standard InChI is InChI=1S/C14H9BrFNO3/c15-12-8-10(3-6-13(12)16)14(18)7-9-1-4-11(5-2-9)17(19)20/h1-6,8H,7H2. The van der Waals surface area contributed by atoms with E-state index in [1.807, 2.05) is 0 Å². The van der Waals surface area contributed by atoms with Crippen LogP contribution in [0.5, 0.6) is 0 Å². The van der Waals surface area contributed by atoms with Gasteiger partial charge in [-0.05, 0) is 39.7 Å². The van der Waals surface area contributed by atoms with Crippen LogP contribution in [0.3, 0.4) is 0 Å². The molecule has 0 heterocycles. The number of Topliss-reactive ketones (excluding diaryl/α,β-unsaturated/α-hetero) is 1. The van der Waals surface area contributed by atoms with Crippen molar-refractivity contribution in [3.63, 3.8) is 0 Å².